The molecule has 0 saturated heterocycles. The molecule has 1 aromatic carbocycles. The Morgan fingerprint density at radius 3 is 2.88 bits per heavy atom. The zero-order chi connectivity index (χ0) is 12.6. The minimum absolute atomic E-state index is 0.0136. The minimum Gasteiger partial charge on any atom is -0.376 e. The van der Waals surface area contributed by atoms with Crippen molar-refractivity contribution in [2.24, 2.45) is 5.73 Å². The maximum Gasteiger partial charge on any atom is 0.225 e. The van der Waals surface area contributed by atoms with Gasteiger partial charge in [0.05, 0.1) is 11.4 Å². The van der Waals surface area contributed by atoms with Gasteiger partial charge in [0.25, 0.3) is 0 Å². The van der Waals surface area contributed by atoms with Gasteiger partial charge in [-0.15, -0.1) is 0 Å². The average molecular weight is 249 g/mol. The number of anilines is 2. The van der Waals surface area contributed by atoms with Crippen LogP contribution in [-0.2, 0) is 10.2 Å². The predicted molar refractivity (Wildman–Crippen MR) is 73.1 cm³/mol. The van der Waals surface area contributed by atoms with E-state index >= 15 is 0 Å². The summed E-state index contributed by atoms with van der Waals surface area (Å²) < 4.78 is 0. The van der Waals surface area contributed by atoms with E-state index in [4.69, 9.17) is 18.0 Å². The zero-order valence-corrected chi connectivity index (χ0v) is 10.6. The molecule has 0 spiro atoms. The highest BCUT2D eigenvalue weighted by atomic mass is 32.1. The molecule has 4 nitrogen and oxygen atoms in total. The Balaban J connectivity index is 2.53. The van der Waals surface area contributed by atoms with Gasteiger partial charge in [0.15, 0.2) is 5.11 Å². The lowest BCUT2D eigenvalue weighted by Crippen LogP contribution is -2.33. The van der Waals surface area contributed by atoms with E-state index < -0.39 is 0 Å². The van der Waals surface area contributed by atoms with Crippen LogP contribution >= 0.6 is 12.2 Å². The lowest BCUT2D eigenvalue weighted by Gasteiger charge is -2.33. The summed E-state index contributed by atoms with van der Waals surface area (Å²) in [5, 5.41) is 5.95. The van der Waals surface area contributed by atoms with Gasteiger partial charge in [-0.1, -0.05) is 26.0 Å². The highest BCUT2D eigenvalue weighted by Gasteiger charge is 2.32. The van der Waals surface area contributed by atoms with Crippen LogP contribution in [0.5, 0.6) is 0 Å². The van der Waals surface area contributed by atoms with E-state index in [-0.39, 0.29) is 16.4 Å². The zero-order valence-electron chi connectivity index (χ0n) is 9.83. The van der Waals surface area contributed by atoms with Crippen molar-refractivity contribution < 1.29 is 4.79 Å². The molecule has 0 unspecified atom stereocenters. The largest absolute Gasteiger partial charge is 0.376 e. The quantitative estimate of drug-likeness (QED) is 0.666. The van der Waals surface area contributed by atoms with Crippen molar-refractivity contribution in [3.63, 3.8) is 0 Å². The molecule has 90 valence electrons. The van der Waals surface area contributed by atoms with Crippen molar-refractivity contribution in [1.82, 2.24) is 0 Å². The van der Waals surface area contributed by atoms with E-state index in [2.05, 4.69) is 24.5 Å². The van der Waals surface area contributed by atoms with Gasteiger partial charge in [-0.2, -0.15) is 0 Å². The van der Waals surface area contributed by atoms with Gasteiger partial charge in [-0.05, 0) is 23.8 Å². The fourth-order valence-electron chi connectivity index (χ4n) is 2.17. The SMILES string of the molecule is CC1(C)CC(=O)Nc2c(NC(N)=S)cccc21. The summed E-state index contributed by atoms with van der Waals surface area (Å²) in [7, 11) is 0. The molecule has 0 atom stereocenters. The van der Waals surface area contributed by atoms with Crippen LogP contribution < -0.4 is 16.4 Å². The van der Waals surface area contributed by atoms with Gasteiger partial charge in [0, 0.05) is 11.8 Å². The molecule has 4 N–H and O–H groups in total. The van der Waals surface area contributed by atoms with E-state index in [1.54, 1.807) is 0 Å². The molecule has 0 saturated carbocycles. The van der Waals surface area contributed by atoms with Crippen molar-refractivity contribution in [2.45, 2.75) is 25.7 Å². The third-order valence-electron chi connectivity index (χ3n) is 2.92. The number of carbonyl (C=O) groups excluding carboxylic acids is 1. The lowest BCUT2D eigenvalue weighted by molar-refractivity contribution is -0.117. The Kier molecular flexibility index (Phi) is 2.79. The number of nitrogens with one attached hydrogen (secondary N) is 2. The number of hydrogen-bond donors (Lipinski definition) is 3. The van der Waals surface area contributed by atoms with E-state index in [0.717, 1.165) is 16.9 Å². The Morgan fingerprint density at radius 2 is 2.24 bits per heavy atom. The maximum atomic E-state index is 11.7. The molecule has 0 radical (unpaired) electrons. The molecule has 1 aliphatic rings. The minimum atomic E-state index is -0.175. The molecule has 0 aliphatic carbocycles. The number of para-hydroxylation sites is 1. The molecule has 2 rings (SSSR count). The summed E-state index contributed by atoms with van der Waals surface area (Å²) in [6, 6.07) is 5.79. The third-order valence-corrected chi connectivity index (χ3v) is 3.02. The molecule has 1 aliphatic heterocycles. The summed E-state index contributed by atoms with van der Waals surface area (Å²) in [5.41, 5.74) is 7.91. The maximum absolute atomic E-state index is 11.7. The van der Waals surface area contributed by atoms with Crippen molar-refractivity contribution in [1.29, 1.82) is 0 Å². The van der Waals surface area contributed by atoms with Gasteiger partial charge in [-0.3, -0.25) is 4.79 Å². The Bertz CT molecular complexity index is 497. The van der Waals surface area contributed by atoms with Crippen LogP contribution in [0, 0.1) is 0 Å². The molecule has 5 heteroatoms. The number of nitrogens with two attached hydrogens (primary N) is 1. The second-order valence-electron chi connectivity index (χ2n) is 4.83. The van der Waals surface area contributed by atoms with E-state index in [1.165, 1.54) is 0 Å². The van der Waals surface area contributed by atoms with Crippen LogP contribution in [0.25, 0.3) is 0 Å². The van der Waals surface area contributed by atoms with Crippen LogP contribution in [-0.4, -0.2) is 11.0 Å². The van der Waals surface area contributed by atoms with Crippen LogP contribution in [0.15, 0.2) is 18.2 Å². The first-order valence-corrected chi connectivity index (χ1v) is 5.81. The number of thiocarbonyl (C=S) groups is 1. The van der Waals surface area contributed by atoms with E-state index in [0.29, 0.717) is 6.42 Å². The van der Waals surface area contributed by atoms with Crippen molar-refractivity contribution in [3.05, 3.63) is 23.8 Å². The number of amides is 1. The normalized spacial score (nSPS) is 16.9. The van der Waals surface area contributed by atoms with Gasteiger partial charge < -0.3 is 16.4 Å². The summed E-state index contributed by atoms with van der Waals surface area (Å²) in [6.07, 6.45) is 0.483. The molecule has 17 heavy (non-hydrogen) atoms. The highest BCUT2D eigenvalue weighted by molar-refractivity contribution is 7.80. The molecular weight excluding hydrogens is 234 g/mol. The average Bonchev–Trinajstić information content (AvgIpc) is 2.17. The number of carbonyl (C=O) groups is 1. The summed E-state index contributed by atoms with van der Waals surface area (Å²) >= 11 is 4.82. The summed E-state index contributed by atoms with van der Waals surface area (Å²) in [5.74, 6) is 0.0136. The molecular formula is C12H15N3OS. The Morgan fingerprint density at radius 1 is 1.53 bits per heavy atom. The molecule has 1 amide bonds. The second-order valence-corrected chi connectivity index (χ2v) is 5.27. The first kappa shape index (κ1) is 11.9. The summed E-state index contributed by atoms with van der Waals surface area (Å²) in [4.78, 5) is 11.7. The van der Waals surface area contributed by atoms with Gasteiger partial charge in [-0.25, -0.2) is 0 Å². The first-order chi connectivity index (χ1) is 7.90. The van der Waals surface area contributed by atoms with E-state index in [9.17, 15) is 4.79 Å². The van der Waals surface area contributed by atoms with Crippen LogP contribution in [0.3, 0.4) is 0 Å². The Hall–Kier alpha value is -1.62. The van der Waals surface area contributed by atoms with Crippen molar-refractivity contribution in [2.75, 3.05) is 10.6 Å². The van der Waals surface area contributed by atoms with Crippen molar-refractivity contribution >= 4 is 34.6 Å². The fourth-order valence-corrected chi connectivity index (χ4v) is 2.28. The molecule has 0 bridgehead atoms. The Labute approximate surface area is 106 Å². The lowest BCUT2D eigenvalue weighted by atomic mass is 9.78. The monoisotopic (exact) mass is 249 g/mol. The van der Waals surface area contributed by atoms with Gasteiger partial charge >= 0.3 is 0 Å². The summed E-state index contributed by atoms with van der Waals surface area (Å²) in [6.45, 7) is 4.10. The molecule has 0 fully saturated rings. The number of hydrogen-bond acceptors (Lipinski definition) is 2. The second kappa shape index (κ2) is 4.00. The smallest absolute Gasteiger partial charge is 0.225 e. The predicted octanol–water partition coefficient (Wildman–Crippen LogP) is 1.96. The van der Waals surface area contributed by atoms with Crippen LogP contribution in [0.2, 0.25) is 0 Å². The first-order valence-electron chi connectivity index (χ1n) is 5.40. The van der Waals surface area contributed by atoms with Gasteiger partial charge in [0.1, 0.15) is 0 Å². The van der Waals surface area contributed by atoms with Gasteiger partial charge in [0.2, 0.25) is 5.91 Å². The molecule has 1 aromatic rings. The standard InChI is InChI=1S/C12H15N3OS/c1-12(2)6-9(16)15-10-7(12)4-3-5-8(10)14-11(13)17/h3-5H,6H2,1-2H3,(H,15,16)(H3,13,14,17). The number of rotatable bonds is 1. The van der Waals surface area contributed by atoms with Crippen molar-refractivity contribution in [3.8, 4) is 0 Å². The van der Waals surface area contributed by atoms with Crippen LogP contribution in [0.1, 0.15) is 25.8 Å². The molecule has 0 aromatic heterocycles. The number of benzene rings is 1. The highest BCUT2D eigenvalue weighted by Crippen LogP contribution is 2.40. The number of fused-ring (bicyclic) bond motifs is 1. The third kappa shape index (κ3) is 2.24. The fraction of sp³-hybridized carbons (Fsp3) is 0.333. The molecule has 1 heterocycles. The topological polar surface area (TPSA) is 67.2 Å². The van der Waals surface area contributed by atoms with Crippen LogP contribution in [0.4, 0.5) is 11.4 Å². The van der Waals surface area contributed by atoms with E-state index in [1.807, 2.05) is 18.2 Å².